The maximum atomic E-state index is 12.5. The number of carbonyl (C=O) groups is 4. The number of unbranched alkanes of at least 4 members (excludes halogenated alkanes) is 1. The van der Waals surface area contributed by atoms with E-state index >= 15 is 0 Å². The van der Waals surface area contributed by atoms with Crippen molar-refractivity contribution < 1.29 is 38.1 Å². The van der Waals surface area contributed by atoms with Gasteiger partial charge in [0.25, 0.3) is 0 Å². The molecule has 11 heteroatoms. The van der Waals surface area contributed by atoms with E-state index in [9.17, 15) is 19.2 Å². The van der Waals surface area contributed by atoms with E-state index in [-0.39, 0.29) is 26.2 Å². The van der Waals surface area contributed by atoms with Crippen LogP contribution in [0.15, 0.2) is 54.6 Å². The van der Waals surface area contributed by atoms with Crippen molar-refractivity contribution in [2.45, 2.75) is 38.5 Å². The number of methoxy groups -OCH3 is 2. The Bertz CT molecular complexity index is 999. The smallest absolute Gasteiger partial charge is 0.408 e. The van der Waals surface area contributed by atoms with E-state index in [2.05, 4.69) is 20.7 Å². The van der Waals surface area contributed by atoms with Crippen molar-refractivity contribution in [2.24, 2.45) is 0 Å². The number of hydrogen-bond donors (Lipinski definition) is 3. The second-order valence-electron chi connectivity index (χ2n) is 7.90. The Morgan fingerprint density at radius 2 is 1.43 bits per heavy atom. The Morgan fingerprint density at radius 1 is 0.784 bits per heavy atom. The van der Waals surface area contributed by atoms with Crippen LogP contribution >= 0.6 is 0 Å². The lowest BCUT2D eigenvalue weighted by molar-refractivity contribution is -0.141. The zero-order chi connectivity index (χ0) is 26.9. The molecular weight excluding hydrogens is 482 g/mol. The summed E-state index contributed by atoms with van der Waals surface area (Å²) in [6.45, 7) is 0.161. The maximum absolute atomic E-state index is 12.5. The van der Waals surface area contributed by atoms with Gasteiger partial charge in [0.05, 0.1) is 14.2 Å². The number of hydrogen-bond acceptors (Lipinski definition) is 8. The van der Waals surface area contributed by atoms with Crippen LogP contribution < -0.4 is 20.7 Å². The average molecular weight is 516 g/mol. The normalized spacial score (nSPS) is 11.0. The molecule has 2 aromatic rings. The minimum Gasteiger partial charge on any atom is -0.497 e. The third-order valence-corrected chi connectivity index (χ3v) is 5.17. The molecule has 1 atom stereocenters. The summed E-state index contributed by atoms with van der Waals surface area (Å²) in [5.41, 5.74) is 1.62. The number of benzene rings is 2. The quantitative estimate of drug-likeness (QED) is 0.198. The van der Waals surface area contributed by atoms with Gasteiger partial charge in [0.15, 0.2) is 0 Å². The monoisotopic (exact) mass is 515 g/mol. The molecule has 0 aliphatic carbocycles. The summed E-state index contributed by atoms with van der Waals surface area (Å²) in [4.78, 5) is 48.1. The Kier molecular flexibility index (Phi) is 12.8. The number of alkyl carbamates (subject to hydrolysis) is 2. The molecule has 2 rings (SSSR count). The van der Waals surface area contributed by atoms with Gasteiger partial charge < -0.3 is 34.9 Å². The summed E-state index contributed by atoms with van der Waals surface area (Å²) >= 11 is 0. The fraction of sp³-hybridized carbons (Fsp3) is 0.385. The van der Waals surface area contributed by atoms with Gasteiger partial charge in [0.2, 0.25) is 5.91 Å². The van der Waals surface area contributed by atoms with Crippen LogP contribution in [-0.2, 0) is 37.0 Å². The molecule has 37 heavy (non-hydrogen) atoms. The Morgan fingerprint density at radius 3 is 2.08 bits per heavy atom. The largest absolute Gasteiger partial charge is 0.497 e. The van der Waals surface area contributed by atoms with Crippen LogP contribution in [-0.4, -0.2) is 57.4 Å². The van der Waals surface area contributed by atoms with E-state index in [4.69, 9.17) is 14.2 Å². The molecule has 0 aliphatic rings. The summed E-state index contributed by atoms with van der Waals surface area (Å²) in [6.07, 6.45) is -0.0449. The first-order chi connectivity index (χ1) is 17.9. The number of esters is 1. The van der Waals surface area contributed by atoms with Crippen LogP contribution in [0.1, 0.15) is 30.4 Å². The third kappa shape index (κ3) is 11.8. The highest BCUT2D eigenvalue weighted by Gasteiger charge is 2.22. The molecule has 0 heterocycles. The average Bonchev–Trinajstić information content (AvgIpc) is 2.93. The molecule has 0 saturated carbocycles. The Labute approximate surface area is 215 Å². The number of ether oxygens (including phenoxy) is 4. The molecule has 3 amide bonds. The van der Waals surface area contributed by atoms with Crippen molar-refractivity contribution in [3.63, 3.8) is 0 Å². The zero-order valence-electron chi connectivity index (χ0n) is 21.0. The van der Waals surface area contributed by atoms with Crippen molar-refractivity contribution in [3.8, 4) is 5.75 Å². The molecule has 0 unspecified atom stereocenters. The van der Waals surface area contributed by atoms with Gasteiger partial charge in [-0.2, -0.15) is 0 Å². The minimum atomic E-state index is -0.946. The van der Waals surface area contributed by atoms with Crippen LogP contribution in [0, 0.1) is 0 Å². The van der Waals surface area contributed by atoms with Crippen LogP contribution in [0.5, 0.6) is 5.75 Å². The SMILES string of the molecule is COC(=O)CNC(=O)[C@H](CCCCNC(=O)OCc1ccccc1)NC(=O)OCc1ccc(OC)cc1. The highest BCUT2D eigenvalue weighted by molar-refractivity contribution is 5.88. The fourth-order valence-electron chi connectivity index (χ4n) is 3.12. The molecule has 200 valence electrons. The van der Waals surface area contributed by atoms with E-state index in [1.807, 2.05) is 30.3 Å². The van der Waals surface area contributed by atoms with Gasteiger partial charge in [-0.1, -0.05) is 42.5 Å². The van der Waals surface area contributed by atoms with Gasteiger partial charge in [0, 0.05) is 6.54 Å². The fourth-order valence-corrected chi connectivity index (χ4v) is 3.12. The first-order valence-electron chi connectivity index (χ1n) is 11.8. The molecule has 0 fully saturated rings. The summed E-state index contributed by atoms with van der Waals surface area (Å²) in [7, 11) is 2.76. The summed E-state index contributed by atoms with van der Waals surface area (Å²) in [6, 6.07) is 15.3. The summed E-state index contributed by atoms with van der Waals surface area (Å²) in [5.74, 6) is -0.496. The van der Waals surface area contributed by atoms with Crippen LogP contribution in [0.3, 0.4) is 0 Å². The summed E-state index contributed by atoms with van der Waals surface area (Å²) in [5, 5.41) is 7.60. The third-order valence-electron chi connectivity index (χ3n) is 5.17. The second kappa shape index (κ2) is 16.4. The van der Waals surface area contributed by atoms with E-state index in [0.717, 1.165) is 11.1 Å². The lowest BCUT2D eigenvalue weighted by Crippen LogP contribution is -2.48. The zero-order valence-corrected chi connectivity index (χ0v) is 21.0. The van der Waals surface area contributed by atoms with Crippen molar-refractivity contribution in [2.75, 3.05) is 27.3 Å². The van der Waals surface area contributed by atoms with Gasteiger partial charge in [-0.15, -0.1) is 0 Å². The van der Waals surface area contributed by atoms with Crippen LogP contribution in [0.25, 0.3) is 0 Å². The number of nitrogens with one attached hydrogen (secondary N) is 3. The molecule has 11 nitrogen and oxygen atoms in total. The molecular formula is C26H33N3O8. The minimum absolute atomic E-state index is 0.00133. The van der Waals surface area contributed by atoms with E-state index in [1.165, 1.54) is 7.11 Å². The molecule has 0 aliphatic heterocycles. The van der Waals surface area contributed by atoms with Gasteiger partial charge in [-0.3, -0.25) is 9.59 Å². The van der Waals surface area contributed by atoms with Gasteiger partial charge in [-0.05, 0) is 42.5 Å². The molecule has 2 aromatic carbocycles. The van der Waals surface area contributed by atoms with E-state index in [1.54, 1.807) is 31.4 Å². The predicted octanol–water partition coefficient (Wildman–Crippen LogP) is 2.68. The van der Waals surface area contributed by atoms with Gasteiger partial charge in [-0.25, -0.2) is 9.59 Å². The molecule has 0 saturated heterocycles. The Balaban J connectivity index is 1.76. The topological polar surface area (TPSA) is 141 Å². The van der Waals surface area contributed by atoms with E-state index < -0.39 is 30.1 Å². The molecule has 0 radical (unpaired) electrons. The number of amides is 3. The van der Waals surface area contributed by atoms with E-state index in [0.29, 0.717) is 25.1 Å². The van der Waals surface area contributed by atoms with Crippen molar-refractivity contribution >= 4 is 24.1 Å². The molecule has 0 aromatic heterocycles. The van der Waals surface area contributed by atoms with Crippen LogP contribution in [0.4, 0.5) is 9.59 Å². The lowest BCUT2D eigenvalue weighted by Gasteiger charge is -2.18. The highest BCUT2D eigenvalue weighted by atomic mass is 16.6. The molecule has 0 spiro atoms. The Hall–Kier alpha value is -4.28. The second-order valence-corrected chi connectivity index (χ2v) is 7.90. The highest BCUT2D eigenvalue weighted by Crippen LogP contribution is 2.12. The standard InChI is InChI=1S/C26H33N3O8/c1-34-21-13-11-20(12-14-21)18-37-26(33)29-22(24(31)28-16-23(30)35-2)10-6-7-15-27-25(32)36-17-19-8-4-3-5-9-19/h3-5,8-9,11-14,22H,6-7,10,15-18H2,1-2H3,(H,27,32)(H,28,31)(H,29,33)/t22-/m0/s1. The lowest BCUT2D eigenvalue weighted by atomic mass is 10.1. The first kappa shape index (κ1) is 29.0. The van der Waals surface area contributed by atoms with Gasteiger partial charge >= 0.3 is 18.2 Å². The van der Waals surface area contributed by atoms with Crippen molar-refractivity contribution in [1.82, 2.24) is 16.0 Å². The maximum Gasteiger partial charge on any atom is 0.408 e. The van der Waals surface area contributed by atoms with Crippen LogP contribution in [0.2, 0.25) is 0 Å². The number of carbonyl (C=O) groups excluding carboxylic acids is 4. The molecule has 3 N–H and O–H groups in total. The molecule has 0 bridgehead atoms. The summed E-state index contributed by atoms with van der Waals surface area (Å²) < 4.78 is 20.0. The van der Waals surface area contributed by atoms with Gasteiger partial charge in [0.1, 0.15) is 31.5 Å². The number of rotatable bonds is 14. The van der Waals surface area contributed by atoms with Crippen molar-refractivity contribution in [3.05, 3.63) is 65.7 Å². The first-order valence-corrected chi connectivity index (χ1v) is 11.8. The van der Waals surface area contributed by atoms with Crippen molar-refractivity contribution in [1.29, 1.82) is 0 Å². The predicted molar refractivity (Wildman–Crippen MR) is 134 cm³/mol.